The van der Waals surface area contributed by atoms with Crippen molar-refractivity contribution in [2.75, 3.05) is 18.5 Å². The van der Waals surface area contributed by atoms with Gasteiger partial charge in [0.2, 0.25) is 5.91 Å². The van der Waals surface area contributed by atoms with Crippen molar-refractivity contribution in [3.8, 4) is 0 Å². The highest BCUT2D eigenvalue weighted by Crippen LogP contribution is 2.18. The molecule has 0 heterocycles. The third kappa shape index (κ3) is 5.41. The van der Waals surface area contributed by atoms with E-state index in [0.717, 1.165) is 30.6 Å². The van der Waals surface area contributed by atoms with Gasteiger partial charge in [0.25, 0.3) is 0 Å². The molecule has 4 heteroatoms. The van der Waals surface area contributed by atoms with Crippen molar-refractivity contribution in [3.05, 3.63) is 29.8 Å². The van der Waals surface area contributed by atoms with Crippen molar-refractivity contribution in [3.63, 3.8) is 0 Å². The Bertz CT molecular complexity index is 416. The zero-order valence-electron chi connectivity index (χ0n) is 11.2. The van der Waals surface area contributed by atoms with Gasteiger partial charge in [0.15, 0.2) is 0 Å². The van der Waals surface area contributed by atoms with E-state index in [2.05, 4.69) is 10.6 Å². The highest BCUT2D eigenvalue weighted by molar-refractivity contribution is 5.90. The lowest BCUT2D eigenvalue weighted by molar-refractivity contribution is -0.116. The Balaban J connectivity index is 1.74. The van der Waals surface area contributed by atoms with Crippen molar-refractivity contribution >= 4 is 11.6 Å². The van der Waals surface area contributed by atoms with Crippen LogP contribution in [0.3, 0.4) is 0 Å². The largest absolute Gasteiger partial charge is 0.396 e. The fourth-order valence-electron chi connectivity index (χ4n) is 1.99. The third-order valence-corrected chi connectivity index (χ3v) is 3.20. The Kier molecular flexibility index (Phi) is 5.36. The fourth-order valence-corrected chi connectivity index (χ4v) is 1.99. The molecule has 0 atom stereocenters. The van der Waals surface area contributed by atoms with Crippen LogP contribution in [0, 0.1) is 0 Å². The highest BCUT2D eigenvalue weighted by atomic mass is 16.2. The average molecular weight is 262 g/mol. The maximum absolute atomic E-state index is 11.7. The molecule has 2 rings (SSSR count). The predicted octanol–water partition coefficient (Wildman–Crippen LogP) is 1.69. The summed E-state index contributed by atoms with van der Waals surface area (Å²) in [5.74, 6) is 0.0486. The molecule has 0 aliphatic heterocycles. The van der Waals surface area contributed by atoms with Gasteiger partial charge in [-0.15, -0.1) is 0 Å². The Labute approximate surface area is 114 Å². The molecular formula is C15H22N2O2. The van der Waals surface area contributed by atoms with E-state index in [-0.39, 0.29) is 12.5 Å². The van der Waals surface area contributed by atoms with Gasteiger partial charge >= 0.3 is 0 Å². The van der Waals surface area contributed by atoms with Crippen LogP contribution in [0.5, 0.6) is 0 Å². The number of nitrogens with one attached hydrogen (secondary N) is 2. The quantitative estimate of drug-likeness (QED) is 0.668. The fraction of sp³-hybridized carbons (Fsp3) is 0.533. The molecule has 0 bridgehead atoms. The summed E-state index contributed by atoms with van der Waals surface area (Å²) < 4.78 is 0. The van der Waals surface area contributed by atoms with E-state index >= 15 is 0 Å². The minimum atomic E-state index is 0.0486. The number of anilines is 1. The predicted molar refractivity (Wildman–Crippen MR) is 76.1 cm³/mol. The van der Waals surface area contributed by atoms with Crippen LogP contribution < -0.4 is 10.6 Å². The summed E-state index contributed by atoms with van der Waals surface area (Å²) in [6.45, 7) is 0.949. The minimum absolute atomic E-state index is 0.0486. The Morgan fingerprint density at radius 2 is 2.21 bits per heavy atom. The molecule has 0 aromatic heterocycles. The molecule has 0 spiro atoms. The molecule has 1 saturated carbocycles. The first-order valence-corrected chi connectivity index (χ1v) is 7.01. The van der Waals surface area contributed by atoms with E-state index in [1.807, 2.05) is 24.3 Å². The van der Waals surface area contributed by atoms with Crippen LogP contribution in [0.4, 0.5) is 5.69 Å². The maximum atomic E-state index is 11.7. The van der Waals surface area contributed by atoms with Gasteiger partial charge in [-0.3, -0.25) is 4.79 Å². The van der Waals surface area contributed by atoms with E-state index in [9.17, 15) is 4.79 Å². The molecule has 4 nitrogen and oxygen atoms in total. The minimum Gasteiger partial charge on any atom is -0.396 e. The van der Waals surface area contributed by atoms with Crippen LogP contribution in [0.25, 0.3) is 0 Å². The summed E-state index contributed by atoms with van der Waals surface area (Å²) in [6.07, 6.45) is 4.59. The third-order valence-electron chi connectivity index (χ3n) is 3.20. The Morgan fingerprint density at radius 3 is 2.95 bits per heavy atom. The lowest BCUT2D eigenvalue weighted by Crippen LogP contribution is -2.23. The Morgan fingerprint density at radius 1 is 1.37 bits per heavy atom. The first kappa shape index (κ1) is 14.0. The van der Waals surface area contributed by atoms with Crippen LogP contribution >= 0.6 is 0 Å². The number of aryl methyl sites for hydroxylation is 1. The number of rotatable bonds is 8. The standard InChI is InChI=1S/C15H22N2O2/c18-10-2-4-12-3-1-5-14(11-12)17-15(19)8-9-16-13-6-7-13/h1,3,5,11,13,16,18H,2,4,6-10H2,(H,17,19). The second-order valence-corrected chi connectivity index (χ2v) is 5.05. The molecule has 1 amide bonds. The van der Waals surface area contributed by atoms with E-state index in [1.54, 1.807) is 0 Å². The molecule has 1 fully saturated rings. The molecule has 1 aromatic carbocycles. The number of hydrogen-bond acceptors (Lipinski definition) is 3. The molecule has 3 N–H and O–H groups in total. The molecule has 104 valence electrons. The van der Waals surface area contributed by atoms with Crippen molar-refractivity contribution in [1.29, 1.82) is 0 Å². The normalized spacial score (nSPS) is 14.4. The summed E-state index contributed by atoms with van der Waals surface area (Å²) in [7, 11) is 0. The van der Waals surface area contributed by atoms with Gasteiger partial charge in [-0.2, -0.15) is 0 Å². The second-order valence-electron chi connectivity index (χ2n) is 5.05. The van der Waals surface area contributed by atoms with Crippen LogP contribution in [0.2, 0.25) is 0 Å². The summed E-state index contributed by atoms with van der Waals surface area (Å²) in [4.78, 5) is 11.7. The van der Waals surface area contributed by atoms with Crippen molar-refractivity contribution in [1.82, 2.24) is 5.32 Å². The molecule has 19 heavy (non-hydrogen) atoms. The molecular weight excluding hydrogens is 240 g/mol. The first-order valence-electron chi connectivity index (χ1n) is 7.01. The van der Waals surface area contributed by atoms with Crippen molar-refractivity contribution < 1.29 is 9.90 Å². The first-order chi connectivity index (χ1) is 9.28. The molecule has 1 aromatic rings. The number of carbonyl (C=O) groups is 1. The maximum Gasteiger partial charge on any atom is 0.225 e. The van der Waals surface area contributed by atoms with E-state index < -0.39 is 0 Å². The van der Waals surface area contributed by atoms with E-state index in [0.29, 0.717) is 12.5 Å². The van der Waals surface area contributed by atoms with Crippen LogP contribution in [-0.2, 0) is 11.2 Å². The summed E-state index contributed by atoms with van der Waals surface area (Å²) in [5.41, 5.74) is 1.98. The summed E-state index contributed by atoms with van der Waals surface area (Å²) in [6, 6.07) is 8.47. The SMILES string of the molecule is O=C(CCNC1CC1)Nc1cccc(CCCO)c1. The number of benzene rings is 1. The van der Waals surface area contributed by atoms with Gasteiger partial charge in [-0.1, -0.05) is 12.1 Å². The van der Waals surface area contributed by atoms with Crippen LogP contribution in [-0.4, -0.2) is 30.2 Å². The number of aliphatic hydroxyl groups excluding tert-OH is 1. The van der Waals surface area contributed by atoms with E-state index in [4.69, 9.17) is 5.11 Å². The monoisotopic (exact) mass is 262 g/mol. The number of carbonyl (C=O) groups excluding carboxylic acids is 1. The smallest absolute Gasteiger partial charge is 0.225 e. The van der Waals surface area contributed by atoms with E-state index in [1.165, 1.54) is 12.8 Å². The zero-order chi connectivity index (χ0) is 13.5. The number of aliphatic hydroxyl groups is 1. The second kappa shape index (κ2) is 7.26. The van der Waals surface area contributed by atoms with Gasteiger partial charge in [0.1, 0.15) is 0 Å². The number of hydrogen-bond donors (Lipinski definition) is 3. The molecule has 0 unspecified atom stereocenters. The highest BCUT2D eigenvalue weighted by Gasteiger charge is 2.20. The lowest BCUT2D eigenvalue weighted by Gasteiger charge is -2.07. The van der Waals surface area contributed by atoms with Gasteiger partial charge < -0.3 is 15.7 Å². The van der Waals surface area contributed by atoms with Crippen molar-refractivity contribution in [2.24, 2.45) is 0 Å². The summed E-state index contributed by atoms with van der Waals surface area (Å²) >= 11 is 0. The van der Waals surface area contributed by atoms with Gasteiger partial charge in [-0.25, -0.2) is 0 Å². The lowest BCUT2D eigenvalue weighted by atomic mass is 10.1. The van der Waals surface area contributed by atoms with Gasteiger partial charge in [0, 0.05) is 31.3 Å². The van der Waals surface area contributed by atoms with Gasteiger partial charge in [0.05, 0.1) is 0 Å². The molecule has 1 aliphatic rings. The van der Waals surface area contributed by atoms with Crippen LogP contribution in [0.15, 0.2) is 24.3 Å². The zero-order valence-corrected chi connectivity index (χ0v) is 11.2. The molecule has 0 radical (unpaired) electrons. The van der Waals surface area contributed by atoms with Crippen molar-refractivity contribution in [2.45, 2.75) is 38.1 Å². The molecule has 0 saturated heterocycles. The number of amides is 1. The molecule has 1 aliphatic carbocycles. The Hall–Kier alpha value is -1.39. The summed E-state index contributed by atoms with van der Waals surface area (Å²) in [5, 5.41) is 15.0. The van der Waals surface area contributed by atoms with Gasteiger partial charge in [-0.05, 0) is 43.4 Å². The topological polar surface area (TPSA) is 61.4 Å². The van der Waals surface area contributed by atoms with Crippen LogP contribution in [0.1, 0.15) is 31.2 Å². The average Bonchev–Trinajstić information content (AvgIpc) is 3.21.